The Hall–Kier alpha value is -2.77. The van der Waals surface area contributed by atoms with Gasteiger partial charge in [0.1, 0.15) is 12.4 Å². The van der Waals surface area contributed by atoms with E-state index >= 15 is 0 Å². The molecule has 1 aromatic rings. The third-order valence-corrected chi connectivity index (χ3v) is 5.19. The number of dihydropyridines is 1. The Bertz CT molecular complexity index is 935. The summed E-state index contributed by atoms with van der Waals surface area (Å²) >= 11 is 0. The van der Waals surface area contributed by atoms with Crippen molar-refractivity contribution in [1.29, 1.82) is 0 Å². The molecule has 1 fully saturated rings. The predicted octanol–water partition coefficient (Wildman–Crippen LogP) is 2.89. The van der Waals surface area contributed by atoms with Crippen LogP contribution in [-0.2, 0) is 19.1 Å². The predicted molar refractivity (Wildman–Crippen MR) is 87.3 cm³/mol. The van der Waals surface area contributed by atoms with Crippen LogP contribution in [0.4, 0.5) is 13.2 Å². The summed E-state index contributed by atoms with van der Waals surface area (Å²) in [6.07, 6.45) is -0.474. The molecule has 5 nitrogen and oxygen atoms in total. The van der Waals surface area contributed by atoms with Crippen LogP contribution in [0, 0.1) is 5.82 Å². The number of ether oxygens (including phenoxy) is 2. The van der Waals surface area contributed by atoms with Crippen LogP contribution in [0.5, 0.6) is 0 Å². The van der Waals surface area contributed by atoms with Gasteiger partial charge in [0, 0.05) is 17.7 Å². The molecule has 3 aliphatic rings. The number of carbonyl (C=O) groups excluding carboxylic acids is 2. The highest BCUT2D eigenvalue weighted by Crippen LogP contribution is 2.58. The molecule has 142 valence electrons. The number of benzene rings is 1. The Kier molecular flexibility index (Phi) is 3.83. The highest BCUT2D eigenvalue weighted by molar-refractivity contribution is 6.01. The maximum atomic E-state index is 14.6. The summed E-state index contributed by atoms with van der Waals surface area (Å²) in [6.45, 7) is 1.58. The SMILES string of the molecule is COC(=O)C1=C(C)NC2=C(C(=O)OC2)C1c1cccc(F)c1C1CC1(F)F. The molecule has 4 rings (SSSR count). The molecule has 1 aliphatic carbocycles. The molecular formula is C19H16F3NO4. The molecule has 1 saturated carbocycles. The smallest absolute Gasteiger partial charge is 0.337 e. The third-order valence-electron chi connectivity index (χ3n) is 5.19. The van der Waals surface area contributed by atoms with Gasteiger partial charge < -0.3 is 14.8 Å². The molecule has 0 saturated heterocycles. The number of methoxy groups -OCH3 is 1. The molecule has 0 aromatic heterocycles. The van der Waals surface area contributed by atoms with E-state index < -0.39 is 41.9 Å². The molecule has 0 amide bonds. The number of rotatable bonds is 3. The first-order valence-electron chi connectivity index (χ1n) is 8.38. The van der Waals surface area contributed by atoms with Crippen molar-refractivity contribution in [2.45, 2.75) is 31.1 Å². The summed E-state index contributed by atoms with van der Waals surface area (Å²) in [5, 5.41) is 2.94. The van der Waals surface area contributed by atoms with Crippen molar-refractivity contribution in [2.24, 2.45) is 0 Å². The Labute approximate surface area is 152 Å². The summed E-state index contributed by atoms with van der Waals surface area (Å²) in [7, 11) is 1.18. The number of hydrogen-bond donors (Lipinski definition) is 1. The quantitative estimate of drug-likeness (QED) is 0.819. The fraction of sp³-hybridized carbons (Fsp3) is 0.368. The van der Waals surface area contributed by atoms with Crippen LogP contribution in [0.3, 0.4) is 0 Å². The van der Waals surface area contributed by atoms with Gasteiger partial charge in [0.15, 0.2) is 0 Å². The summed E-state index contributed by atoms with van der Waals surface area (Å²) in [5.41, 5.74) is 1.03. The van der Waals surface area contributed by atoms with E-state index in [2.05, 4.69) is 5.32 Å². The lowest BCUT2D eigenvalue weighted by Crippen LogP contribution is -2.30. The summed E-state index contributed by atoms with van der Waals surface area (Å²) in [4.78, 5) is 24.8. The lowest BCUT2D eigenvalue weighted by molar-refractivity contribution is -0.136. The van der Waals surface area contributed by atoms with Crippen molar-refractivity contribution in [3.05, 3.63) is 57.7 Å². The van der Waals surface area contributed by atoms with Crippen LogP contribution >= 0.6 is 0 Å². The first-order valence-corrected chi connectivity index (χ1v) is 8.38. The fourth-order valence-electron chi connectivity index (χ4n) is 3.86. The second-order valence-corrected chi connectivity index (χ2v) is 6.82. The Morgan fingerprint density at radius 3 is 2.70 bits per heavy atom. The molecule has 2 unspecified atom stereocenters. The molecule has 8 heteroatoms. The number of carbonyl (C=O) groups is 2. The molecule has 0 spiro atoms. The first kappa shape index (κ1) is 17.6. The van der Waals surface area contributed by atoms with E-state index in [1.165, 1.54) is 19.2 Å². The van der Waals surface area contributed by atoms with Gasteiger partial charge in [-0.2, -0.15) is 0 Å². The van der Waals surface area contributed by atoms with Gasteiger partial charge in [-0.05, 0) is 18.6 Å². The number of esters is 2. The number of halogens is 3. The van der Waals surface area contributed by atoms with Gasteiger partial charge in [-0.15, -0.1) is 0 Å². The largest absolute Gasteiger partial charge is 0.466 e. The average molecular weight is 379 g/mol. The minimum atomic E-state index is -3.01. The highest BCUT2D eigenvalue weighted by atomic mass is 19.3. The number of nitrogens with one attached hydrogen (secondary N) is 1. The highest BCUT2D eigenvalue weighted by Gasteiger charge is 2.60. The number of hydrogen-bond acceptors (Lipinski definition) is 5. The normalized spacial score (nSPS) is 25.7. The molecule has 2 heterocycles. The fourth-order valence-corrected chi connectivity index (χ4v) is 3.86. The molecule has 1 aromatic carbocycles. The first-order chi connectivity index (χ1) is 12.8. The Balaban J connectivity index is 1.94. The lowest BCUT2D eigenvalue weighted by Gasteiger charge is -2.29. The number of alkyl halides is 2. The minimum Gasteiger partial charge on any atom is -0.466 e. The van der Waals surface area contributed by atoms with Crippen LogP contribution in [0.15, 0.2) is 40.7 Å². The van der Waals surface area contributed by atoms with Crippen molar-refractivity contribution in [2.75, 3.05) is 13.7 Å². The van der Waals surface area contributed by atoms with E-state index in [9.17, 15) is 22.8 Å². The van der Waals surface area contributed by atoms with Gasteiger partial charge in [-0.25, -0.2) is 22.8 Å². The molecular weight excluding hydrogens is 363 g/mol. The van der Waals surface area contributed by atoms with Gasteiger partial charge in [-0.3, -0.25) is 0 Å². The lowest BCUT2D eigenvalue weighted by atomic mass is 9.78. The van der Waals surface area contributed by atoms with E-state index in [-0.39, 0.29) is 28.9 Å². The Morgan fingerprint density at radius 1 is 1.37 bits per heavy atom. The van der Waals surface area contributed by atoms with E-state index in [0.717, 1.165) is 6.07 Å². The van der Waals surface area contributed by atoms with Gasteiger partial charge >= 0.3 is 11.9 Å². The zero-order chi connectivity index (χ0) is 19.5. The zero-order valence-electron chi connectivity index (χ0n) is 14.6. The summed E-state index contributed by atoms with van der Waals surface area (Å²) < 4.78 is 52.0. The second-order valence-electron chi connectivity index (χ2n) is 6.82. The third kappa shape index (κ3) is 2.62. The van der Waals surface area contributed by atoms with Gasteiger partial charge in [0.2, 0.25) is 0 Å². The minimum absolute atomic E-state index is 0.0271. The maximum absolute atomic E-state index is 14.6. The van der Waals surface area contributed by atoms with Crippen molar-refractivity contribution in [1.82, 2.24) is 5.32 Å². The van der Waals surface area contributed by atoms with Crippen LogP contribution < -0.4 is 5.32 Å². The second kappa shape index (κ2) is 5.87. The van der Waals surface area contributed by atoms with Crippen molar-refractivity contribution < 1.29 is 32.2 Å². The molecule has 2 aliphatic heterocycles. The zero-order valence-corrected chi connectivity index (χ0v) is 14.6. The molecule has 27 heavy (non-hydrogen) atoms. The van der Waals surface area contributed by atoms with Crippen LogP contribution in [0.1, 0.15) is 36.3 Å². The standard InChI is InChI=1S/C19H16F3NO4/c1-8-13(17(24)26-2)15(16-12(23-8)7-27-18(16)25)9-4-3-5-11(20)14(9)10-6-19(10,21)22/h3-5,10,15,23H,6-7H2,1-2H3. The average Bonchev–Trinajstić information content (AvgIpc) is 3.09. The van der Waals surface area contributed by atoms with E-state index in [4.69, 9.17) is 9.47 Å². The van der Waals surface area contributed by atoms with Crippen LogP contribution in [0.25, 0.3) is 0 Å². The van der Waals surface area contributed by atoms with Crippen molar-refractivity contribution in [3.63, 3.8) is 0 Å². The van der Waals surface area contributed by atoms with Crippen molar-refractivity contribution in [3.8, 4) is 0 Å². The Morgan fingerprint density at radius 2 is 2.07 bits per heavy atom. The summed E-state index contributed by atoms with van der Waals surface area (Å²) in [6, 6.07) is 3.95. The van der Waals surface area contributed by atoms with Gasteiger partial charge in [0.25, 0.3) is 5.92 Å². The molecule has 0 radical (unpaired) electrons. The molecule has 2 atom stereocenters. The molecule has 1 N–H and O–H groups in total. The maximum Gasteiger partial charge on any atom is 0.337 e. The van der Waals surface area contributed by atoms with E-state index in [1.54, 1.807) is 6.92 Å². The molecule has 0 bridgehead atoms. The van der Waals surface area contributed by atoms with Gasteiger partial charge in [-0.1, -0.05) is 12.1 Å². The van der Waals surface area contributed by atoms with Crippen molar-refractivity contribution >= 4 is 11.9 Å². The van der Waals surface area contributed by atoms with E-state index in [0.29, 0.717) is 11.4 Å². The summed E-state index contributed by atoms with van der Waals surface area (Å²) in [5.74, 6) is -7.52. The topological polar surface area (TPSA) is 64.6 Å². The number of cyclic esters (lactones) is 1. The van der Waals surface area contributed by atoms with E-state index in [1.807, 2.05) is 0 Å². The van der Waals surface area contributed by atoms with Crippen LogP contribution in [-0.4, -0.2) is 31.6 Å². The van der Waals surface area contributed by atoms with Gasteiger partial charge in [0.05, 0.1) is 35.8 Å². The number of allylic oxidation sites excluding steroid dienone is 1. The van der Waals surface area contributed by atoms with Crippen LogP contribution in [0.2, 0.25) is 0 Å². The monoisotopic (exact) mass is 379 g/mol.